The van der Waals surface area contributed by atoms with Gasteiger partial charge in [0.05, 0.1) is 16.6 Å². The summed E-state index contributed by atoms with van der Waals surface area (Å²) in [7, 11) is 0. The van der Waals surface area contributed by atoms with Crippen molar-refractivity contribution < 1.29 is 18.7 Å². The van der Waals surface area contributed by atoms with Gasteiger partial charge in [0, 0.05) is 4.88 Å². The lowest BCUT2D eigenvalue weighted by Gasteiger charge is -2.18. The van der Waals surface area contributed by atoms with Gasteiger partial charge >= 0.3 is 5.97 Å². The molecule has 7 heteroatoms. The van der Waals surface area contributed by atoms with Crippen molar-refractivity contribution >= 4 is 34.8 Å². The lowest BCUT2D eigenvalue weighted by atomic mass is 10.1. The Hall–Kier alpha value is -2.70. The average molecular weight is 404 g/mol. The van der Waals surface area contributed by atoms with Crippen LogP contribution in [0.25, 0.3) is 0 Å². The van der Waals surface area contributed by atoms with E-state index in [1.165, 1.54) is 17.4 Å². The van der Waals surface area contributed by atoms with Crippen LogP contribution in [0.5, 0.6) is 0 Å². The number of amides is 1. The fourth-order valence-electron chi connectivity index (χ4n) is 2.49. The van der Waals surface area contributed by atoms with Crippen LogP contribution < -0.4 is 5.32 Å². The van der Waals surface area contributed by atoms with Gasteiger partial charge in [0.1, 0.15) is 5.82 Å². The molecule has 1 heterocycles. The molecule has 3 aromatic rings. The third-order valence-electron chi connectivity index (χ3n) is 3.75. The summed E-state index contributed by atoms with van der Waals surface area (Å²) >= 11 is 7.35. The number of ether oxygens (including phenoxy) is 1. The van der Waals surface area contributed by atoms with E-state index in [0.29, 0.717) is 0 Å². The van der Waals surface area contributed by atoms with Crippen molar-refractivity contribution in [3.05, 3.63) is 92.9 Å². The first-order valence-electron chi connectivity index (χ1n) is 8.04. The monoisotopic (exact) mass is 403 g/mol. The van der Waals surface area contributed by atoms with Crippen LogP contribution in [0.1, 0.15) is 26.8 Å². The predicted octanol–water partition coefficient (Wildman–Crippen LogP) is 4.60. The van der Waals surface area contributed by atoms with Gasteiger partial charge in [-0.2, -0.15) is 0 Å². The highest BCUT2D eigenvalue weighted by Gasteiger charge is 2.19. The van der Waals surface area contributed by atoms with Gasteiger partial charge in [0.15, 0.2) is 6.61 Å². The van der Waals surface area contributed by atoms with Crippen LogP contribution >= 0.6 is 22.9 Å². The number of rotatable bonds is 6. The molecular formula is C20H15ClFNO3S. The summed E-state index contributed by atoms with van der Waals surface area (Å²) in [5, 5.41) is 4.72. The highest BCUT2D eigenvalue weighted by atomic mass is 35.5. The lowest BCUT2D eigenvalue weighted by Crippen LogP contribution is -2.32. The molecule has 0 aliphatic carbocycles. The molecular weight excluding hydrogens is 389 g/mol. The Morgan fingerprint density at radius 3 is 2.56 bits per heavy atom. The summed E-state index contributed by atoms with van der Waals surface area (Å²) in [6.45, 7) is -0.471. The molecule has 0 spiro atoms. The Balaban J connectivity index is 1.65. The summed E-state index contributed by atoms with van der Waals surface area (Å²) in [6.07, 6.45) is 0. The van der Waals surface area contributed by atoms with E-state index in [2.05, 4.69) is 5.32 Å². The molecule has 1 amide bonds. The number of hydrogen-bond acceptors (Lipinski definition) is 4. The number of benzene rings is 2. The SMILES string of the molecule is O=C(COC(=O)c1ccc(F)cc1Cl)N[C@H](c1ccccc1)c1cccs1. The largest absolute Gasteiger partial charge is 0.452 e. The van der Waals surface area contributed by atoms with Crippen molar-refractivity contribution in [1.29, 1.82) is 0 Å². The third-order valence-corrected chi connectivity index (χ3v) is 5.00. The van der Waals surface area contributed by atoms with Gasteiger partial charge in [0.25, 0.3) is 5.91 Å². The second kappa shape index (κ2) is 8.79. The van der Waals surface area contributed by atoms with E-state index in [-0.39, 0.29) is 16.6 Å². The zero-order valence-corrected chi connectivity index (χ0v) is 15.6. The van der Waals surface area contributed by atoms with Gasteiger partial charge in [-0.15, -0.1) is 11.3 Å². The zero-order valence-electron chi connectivity index (χ0n) is 14.0. The number of hydrogen-bond donors (Lipinski definition) is 1. The van der Waals surface area contributed by atoms with E-state index in [1.54, 1.807) is 0 Å². The first-order chi connectivity index (χ1) is 13.0. The third kappa shape index (κ3) is 4.93. The van der Waals surface area contributed by atoms with Crippen molar-refractivity contribution in [3.63, 3.8) is 0 Å². The molecule has 0 bridgehead atoms. The maximum atomic E-state index is 13.1. The highest BCUT2D eigenvalue weighted by Crippen LogP contribution is 2.26. The van der Waals surface area contributed by atoms with E-state index >= 15 is 0 Å². The van der Waals surface area contributed by atoms with Crippen molar-refractivity contribution in [3.8, 4) is 0 Å². The van der Waals surface area contributed by atoms with E-state index in [0.717, 1.165) is 22.6 Å². The van der Waals surface area contributed by atoms with Crippen molar-refractivity contribution in [2.24, 2.45) is 0 Å². The lowest BCUT2D eigenvalue weighted by molar-refractivity contribution is -0.124. The standard InChI is InChI=1S/C20H15ClFNO3S/c21-16-11-14(22)8-9-15(16)20(25)26-12-18(24)23-19(17-7-4-10-27-17)13-5-2-1-3-6-13/h1-11,19H,12H2,(H,23,24)/t19-/m1/s1. The Bertz CT molecular complexity index is 932. The van der Waals surface area contributed by atoms with E-state index in [4.69, 9.17) is 16.3 Å². The molecule has 0 radical (unpaired) electrons. The predicted molar refractivity (Wildman–Crippen MR) is 102 cm³/mol. The Morgan fingerprint density at radius 2 is 1.89 bits per heavy atom. The summed E-state index contributed by atoms with van der Waals surface area (Å²) in [4.78, 5) is 25.3. The molecule has 2 aromatic carbocycles. The Morgan fingerprint density at radius 1 is 1.11 bits per heavy atom. The molecule has 4 nitrogen and oxygen atoms in total. The van der Waals surface area contributed by atoms with Gasteiger partial charge in [-0.25, -0.2) is 9.18 Å². The number of carbonyl (C=O) groups is 2. The minimum absolute atomic E-state index is 0.00346. The Kier molecular flexibility index (Phi) is 6.21. The fourth-order valence-corrected chi connectivity index (χ4v) is 3.53. The van der Waals surface area contributed by atoms with Crippen LogP contribution in [-0.4, -0.2) is 18.5 Å². The second-order valence-corrected chi connectivity index (χ2v) is 7.01. The summed E-state index contributed by atoms with van der Waals surface area (Å²) in [6, 6.07) is 16.3. The molecule has 0 aliphatic heterocycles. The molecule has 27 heavy (non-hydrogen) atoms. The minimum Gasteiger partial charge on any atom is -0.452 e. The first kappa shape index (κ1) is 19.1. The fraction of sp³-hybridized carbons (Fsp3) is 0.100. The van der Waals surface area contributed by atoms with Crippen LogP contribution in [0.3, 0.4) is 0 Å². The molecule has 0 aliphatic rings. The topological polar surface area (TPSA) is 55.4 Å². The maximum absolute atomic E-state index is 13.1. The molecule has 1 atom stereocenters. The van der Waals surface area contributed by atoms with Gasteiger partial charge in [-0.3, -0.25) is 4.79 Å². The van der Waals surface area contributed by atoms with Gasteiger partial charge < -0.3 is 10.1 Å². The van der Waals surface area contributed by atoms with E-state index < -0.39 is 24.3 Å². The zero-order chi connectivity index (χ0) is 19.2. The summed E-state index contributed by atoms with van der Waals surface area (Å²) in [5.41, 5.74) is 0.921. The van der Waals surface area contributed by atoms with Gasteiger partial charge in [-0.05, 0) is 35.2 Å². The van der Waals surface area contributed by atoms with Crippen LogP contribution in [0, 0.1) is 5.82 Å². The normalized spacial score (nSPS) is 11.6. The van der Waals surface area contributed by atoms with Gasteiger partial charge in [-0.1, -0.05) is 48.0 Å². The molecule has 1 N–H and O–H groups in total. The summed E-state index contributed by atoms with van der Waals surface area (Å²) in [5.74, 6) is -1.80. The van der Waals surface area contributed by atoms with E-state index in [9.17, 15) is 14.0 Å². The minimum atomic E-state index is -0.789. The number of thiophene rings is 1. The molecule has 1 aromatic heterocycles. The summed E-state index contributed by atoms with van der Waals surface area (Å²) < 4.78 is 18.1. The van der Waals surface area contributed by atoms with Crippen LogP contribution in [0.4, 0.5) is 4.39 Å². The van der Waals surface area contributed by atoms with Crippen LogP contribution in [0.2, 0.25) is 5.02 Å². The quantitative estimate of drug-likeness (QED) is 0.612. The number of esters is 1. The number of halogens is 2. The first-order valence-corrected chi connectivity index (χ1v) is 9.30. The van der Waals surface area contributed by atoms with Crippen molar-refractivity contribution in [2.75, 3.05) is 6.61 Å². The molecule has 138 valence electrons. The number of nitrogens with one attached hydrogen (secondary N) is 1. The molecule has 0 saturated carbocycles. The number of carbonyl (C=O) groups excluding carboxylic acids is 2. The maximum Gasteiger partial charge on any atom is 0.340 e. The molecule has 3 rings (SSSR count). The van der Waals surface area contributed by atoms with Crippen LogP contribution in [-0.2, 0) is 9.53 Å². The highest BCUT2D eigenvalue weighted by molar-refractivity contribution is 7.10. The molecule has 0 unspecified atom stereocenters. The Labute approximate surface area is 164 Å². The average Bonchev–Trinajstić information content (AvgIpc) is 3.19. The second-order valence-electron chi connectivity index (χ2n) is 5.63. The molecule has 0 fully saturated rings. The smallest absolute Gasteiger partial charge is 0.340 e. The van der Waals surface area contributed by atoms with Crippen molar-refractivity contribution in [1.82, 2.24) is 5.32 Å². The van der Waals surface area contributed by atoms with E-state index in [1.807, 2.05) is 47.8 Å². The van der Waals surface area contributed by atoms with Crippen LogP contribution in [0.15, 0.2) is 66.0 Å². The molecule has 0 saturated heterocycles. The van der Waals surface area contributed by atoms with Crippen molar-refractivity contribution in [2.45, 2.75) is 6.04 Å². The van der Waals surface area contributed by atoms with Gasteiger partial charge in [0.2, 0.25) is 0 Å².